The van der Waals surface area contributed by atoms with E-state index in [4.69, 9.17) is 16.3 Å². The van der Waals surface area contributed by atoms with Crippen LogP contribution in [0.15, 0.2) is 45.3 Å². The molecule has 104 valence electrons. The molecule has 2 rings (SSSR count). The highest BCUT2D eigenvalue weighted by Gasteiger charge is 2.13. The number of nitrogens with zero attached hydrogens (tertiary/aromatic N) is 1. The van der Waals surface area contributed by atoms with E-state index in [0.717, 1.165) is 8.95 Å². The van der Waals surface area contributed by atoms with Crippen LogP contribution in [-0.2, 0) is 6.61 Å². The molecule has 7 heteroatoms. The first-order valence-corrected chi connectivity index (χ1v) is 7.45. The SMILES string of the molecule is O=[N+]([O-])c1cc(COc2c(Br)cccc2Br)ccc1Cl. The number of benzene rings is 2. The Bertz CT molecular complexity index is 644. The van der Waals surface area contributed by atoms with E-state index in [1.54, 1.807) is 6.07 Å². The number of nitro groups is 1. The number of hydrogen-bond acceptors (Lipinski definition) is 3. The fourth-order valence-corrected chi connectivity index (χ4v) is 2.98. The molecule has 2 aromatic rings. The molecular formula is C13H8Br2ClNO3. The number of ether oxygens (including phenoxy) is 1. The average molecular weight is 421 g/mol. The molecule has 2 aromatic carbocycles. The van der Waals surface area contributed by atoms with E-state index in [0.29, 0.717) is 11.3 Å². The standard InChI is InChI=1S/C13H8Br2ClNO3/c14-9-2-1-3-10(15)13(9)20-7-8-4-5-11(16)12(6-8)17(18)19/h1-6H,7H2. The van der Waals surface area contributed by atoms with Gasteiger partial charge in [0.15, 0.2) is 0 Å². The predicted octanol–water partition coefficient (Wildman–Crippen LogP) is 5.35. The fourth-order valence-electron chi connectivity index (χ4n) is 1.56. The summed E-state index contributed by atoms with van der Waals surface area (Å²) in [6.07, 6.45) is 0. The van der Waals surface area contributed by atoms with E-state index in [-0.39, 0.29) is 17.3 Å². The second-order valence-corrected chi connectivity index (χ2v) is 6.00. The van der Waals surface area contributed by atoms with Gasteiger partial charge in [0.05, 0.1) is 13.9 Å². The largest absolute Gasteiger partial charge is 0.487 e. The van der Waals surface area contributed by atoms with Gasteiger partial charge in [-0.3, -0.25) is 10.1 Å². The summed E-state index contributed by atoms with van der Waals surface area (Å²) >= 11 is 12.5. The van der Waals surface area contributed by atoms with Crippen molar-refractivity contribution in [2.24, 2.45) is 0 Å². The highest BCUT2D eigenvalue weighted by molar-refractivity contribution is 9.11. The van der Waals surface area contributed by atoms with Crippen molar-refractivity contribution in [3.63, 3.8) is 0 Å². The van der Waals surface area contributed by atoms with Crippen molar-refractivity contribution in [2.45, 2.75) is 6.61 Å². The van der Waals surface area contributed by atoms with Crippen LogP contribution in [0.4, 0.5) is 5.69 Å². The quantitative estimate of drug-likeness (QED) is 0.494. The Kier molecular flexibility index (Phi) is 5.01. The van der Waals surface area contributed by atoms with Crippen molar-refractivity contribution in [3.05, 3.63) is 66.0 Å². The van der Waals surface area contributed by atoms with Crippen LogP contribution in [0.1, 0.15) is 5.56 Å². The molecule has 20 heavy (non-hydrogen) atoms. The summed E-state index contributed by atoms with van der Waals surface area (Å²) < 4.78 is 7.27. The Balaban J connectivity index is 2.19. The van der Waals surface area contributed by atoms with E-state index < -0.39 is 4.92 Å². The first kappa shape index (κ1) is 15.3. The third-order valence-electron chi connectivity index (χ3n) is 2.51. The lowest BCUT2D eigenvalue weighted by atomic mass is 10.2. The highest BCUT2D eigenvalue weighted by atomic mass is 79.9. The Morgan fingerprint density at radius 3 is 2.45 bits per heavy atom. The van der Waals surface area contributed by atoms with Gasteiger partial charge < -0.3 is 4.74 Å². The third-order valence-corrected chi connectivity index (χ3v) is 4.08. The second kappa shape index (κ2) is 6.56. The summed E-state index contributed by atoms with van der Waals surface area (Å²) in [5, 5.41) is 10.9. The van der Waals surface area contributed by atoms with Gasteiger partial charge in [-0.25, -0.2) is 0 Å². The zero-order valence-corrected chi connectivity index (χ0v) is 13.9. The zero-order valence-electron chi connectivity index (χ0n) is 9.98. The molecule has 0 bridgehead atoms. The van der Waals surface area contributed by atoms with Crippen LogP contribution >= 0.6 is 43.5 Å². The number of para-hydroxylation sites is 1. The molecule has 0 N–H and O–H groups in total. The fraction of sp³-hybridized carbons (Fsp3) is 0.0769. The lowest BCUT2D eigenvalue weighted by Gasteiger charge is -2.10. The van der Waals surface area contributed by atoms with Crippen LogP contribution in [-0.4, -0.2) is 4.92 Å². The first-order chi connectivity index (χ1) is 9.49. The van der Waals surface area contributed by atoms with Crippen molar-refractivity contribution in [2.75, 3.05) is 0 Å². The van der Waals surface area contributed by atoms with Crippen LogP contribution in [0.3, 0.4) is 0 Å². The molecule has 0 saturated heterocycles. The third kappa shape index (κ3) is 3.50. The molecule has 0 saturated carbocycles. The normalized spacial score (nSPS) is 10.3. The summed E-state index contributed by atoms with van der Waals surface area (Å²) in [5.41, 5.74) is 0.544. The molecule has 0 aromatic heterocycles. The van der Waals surface area contributed by atoms with Crippen LogP contribution in [0.5, 0.6) is 5.75 Å². The Hall–Kier alpha value is -1.11. The van der Waals surface area contributed by atoms with Gasteiger partial charge in [0.2, 0.25) is 0 Å². The first-order valence-electron chi connectivity index (χ1n) is 5.48. The van der Waals surface area contributed by atoms with Gasteiger partial charge in [-0.05, 0) is 55.6 Å². The van der Waals surface area contributed by atoms with Gasteiger partial charge in [-0.15, -0.1) is 0 Å². The predicted molar refractivity (Wildman–Crippen MR) is 84.3 cm³/mol. The minimum absolute atomic E-state index is 0.112. The van der Waals surface area contributed by atoms with Crippen LogP contribution in [0.2, 0.25) is 5.02 Å². The molecule has 0 spiro atoms. The lowest BCUT2D eigenvalue weighted by molar-refractivity contribution is -0.384. The summed E-state index contributed by atoms with van der Waals surface area (Å²) in [6.45, 7) is 0.208. The van der Waals surface area contributed by atoms with E-state index in [1.165, 1.54) is 12.1 Å². The van der Waals surface area contributed by atoms with Gasteiger partial charge in [-0.1, -0.05) is 23.7 Å². The topological polar surface area (TPSA) is 52.4 Å². The summed E-state index contributed by atoms with van der Waals surface area (Å²) in [7, 11) is 0. The van der Waals surface area contributed by atoms with E-state index in [9.17, 15) is 10.1 Å². The molecule has 0 aliphatic heterocycles. The maximum absolute atomic E-state index is 10.8. The minimum atomic E-state index is -0.514. The molecule has 0 fully saturated rings. The van der Waals surface area contributed by atoms with Gasteiger partial charge in [0.25, 0.3) is 5.69 Å². The molecule has 0 heterocycles. The van der Waals surface area contributed by atoms with Gasteiger partial charge >= 0.3 is 0 Å². The molecule has 0 aliphatic carbocycles. The maximum Gasteiger partial charge on any atom is 0.288 e. The van der Waals surface area contributed by atoms with Crippen LogP contribution < -0.4 is 4.74 Å². The van der Waals surface area contributed by atoms with Crippen molar-refractivity contribution < 1.29 is 9.66 Å². The number of rotatable bonds is 4. The monoisotopic (exact) mass is 419 g/mol. The molecule has 0 atom stereocenters. The number of nitro benzene ring substituents is 1. The summed E-state index contributed by atoms with van der Waals surface area (Å²) in [4.78, 5) is 10.3. The molecular weight excluding hydrogens is 413 g/mol. The van der Waals surface area contributed by atoms with Gasteiger partial charge in [0, 0.05) is 6.07 Å². The van der Waals surface area contributed by atoms with Crippen LogP contribution in [0.25, 0.3) is 0 Å². The zero-order chi connectivity index (χ0) is 14.7. The smallest absolute Gasteiger partial charge is 0.288 e. The van der Waals surface area contributed by atoms with Crippen molar-refractivity contribution >= 4 is 49.1 Å². The highest BCUT2D eigenvalue weighted by Crippen LogP contribution is 2.34. The molecule has 0 radical (unpaired) electrons. The van der Waals surface area contributed by atoms with E-state index in [1.807, 2.05) is 18.2 Å². The van der Waals surface area contributed by atoms with Crippen molar-refractivity contribution in [3.8, 4) is 5.75 Å². The minimum Gasteiger partial charge on any atom is -0.487 e. The Morgan fingerprint density at radius 2 is 1.85 bits per heavy atom. The lowest BCUT2D eigenvalue weighted by Crippen LogP contribution is -1.98. The van der Waals surface area contributed by atoms with Gasteiger partial charge in [0.1, 0.15) is 17.4 Å². The number of halogens is 3. The Morgan fingerprint density at radius 1 is 1.20 bits per heavy atom. The van der Waals surface area contributed by atoms with Gasteiger partial charge in [-0.2, -0.15) is 0 Å². The van der Waals surface area contributed by atoms with E-state index in [2.05, 4.69) is 31.9 Å². The average Bonchev–Trinajstić information content (AvgIpc) is 2.39. The van der Waals surface area contributed by atoms with Crippen LogP contribution in [0, 0.1) is 10.1 Å². The maximum atomic E-state index is 10.8. The molecule has 4 nitrogen and oxygen atoms in total. The molecule has 0 amide bonds. The van der Waals surface area contributed by atoms with Crippen molar-refractivity contribution in [1.82, 2.24) is 0 Å². The second-order valence-electron chi connectivity index (χ2n) is 3.88. The summed E-state index contributed by atoms with van der Waals surface area (Å²) in [5.74, 6) is 0.644. The molecule has 0 aliphatic rings. The Labute approximate surface area is 137 Å². The summed E-state index contributed by atoms with van der Waals surface area (Å²) in [6, 6.07) is 10.2. The van der Waals surface area contributed by atoms with E-state index >= 15 is 0 Å². The number of hydrogen-bond donors (Lipinski definition) is 0. The van der Waals surface area contributed by atoms with Crippen molar-refractivity contribution in [1.29, 1.82) is 0 Å². The molecule has 0 unspecified atom stereocenters.